The highest BCUT2D eigenvalue weighted by atomic mass is 35.5. The first kappa shape index (κ1) is 19.6. The smallest absolute Gasteiger partial charge is 0.262 e. The lowest BCUT2D eigenvalue weighted by molar-refractivity contribution is -0.136. The molecule has 4 rings (SSSR count). The second-order valence-corrected chi connectivity index (χ2v) is 7.80. The normalized spacial score (nSPS) is 18.1. The first-order valence-corrected chi connectivity index (χ1v) is 10.1. The van der Waals surface area contributed by atoms with Crippen LogP contribution in [0.3, 0.4) is 0 Å². The van der Waals surface area contributed by atoms with Crippen LogP contribution in [0.25, 0.3) is 0 Å². The molecule has 1 unspecified atom stereocenters. The third-order valence-corrected chi connectivity index (χ3v) is 5.97. The third-order valence-electron chi connectivity index (χ3n) is 5.61. The van der Waals surface area contributed by atoms with Crippen LogP contribution in [0.4, 0.5) is 0 Å². The van der Waals surface area contributed by atoms with E-state index in [1.807, 2.05) is 24.3 Å². The van der Waals surface area contributed by atoms with E-state index in [0.29, 0.717) is 37.3 Å². The van der Waals surface area contributed by atoms with Crippen molar-refractivity contribution in [2.45, 2.75) is 19.5 Å². The number of fused-ring (bicyclic) bond motifs is 1. The highest BCUT2D eigenvalue weighted by Gasteiger charge is 2.42. The van der Waals surface area contributed by atoms with Gasteiger partial charge in [-0.15, -0.1) is 0 Å². The van der Waals surface area contributed by atoms with Crippen molar-refractivity contribution in [2.75, 3.05) is 26.2 Å². The molecule has 29 heavy (non-hydrogen) atoms. The number of carbonyl (C=O) groups is 3. The summed E-state index contributed by atoms with van der Waals surface area (Å²) in [4.78, 5) is 43.3. The monoisotopic (exact) mass is 411 g/mol. The summed E-state index contributed by atoms with van der Waals surface area (Å²) in [6, 6.07) is 13.6. The molecule has 2 aliphatic heterocycles. The van der Waals surface area contributed by atoms with Crippen LogP contribution in [0.15, 0.2) is 48.5 Å². The van der Waals surface area contributed by atoms with Gasteiger partial charge >= 0.3 is 0 Å². The first-order chi connectivity index (χ1) is 14.0. The van der Waals surface area contributed by atoms with Crippen molar-refractivity contribution in [3.63, 3.8) is 0 Å². The second-order valence-electron chi connectivity index (χ2n) is 7.39. The molecule has 2 aromatic rings. The Labute approximate surface area is 174 Å². The largest absolute Gasteiger partial charge is 0.338 e. The van der Waals surface area contributed by atoms with Crippen LogP contribution in [0.1, 0.15) is 33.2 Å². The fourth-order valence-corrected chi connectivity index (χ4v) is 4.12. The number of benzene rings is 2. The Morgan fingerprint density at radius 2 is 1.48 bits per heavy atom. The summed E-state index contributed by atoms with van der Waals surface area (Å²) in [7, 11) is 0. The van der Waals surface area contributed by atoms with Crippen LogP contribution < -0.4 is 0 Å². The lowest BCUT2D eigenvalue weighted by atomic mass is 10.1. The Balaban J connectivity index is 1.38. The van der Waals surface area contributed by atoms with Crippen molar-refractivity contribution in [1.29, 1.82) is 0 Å². The molecular weight excluding hydrogens is 390 g/mol. The van der Waals surface area contributed by atoms with E-state index in [4.69, 9.17) is 11.6 Å². The molecule has 1 atom stereocenters. The van der Waals surface area contributed by atoms with Crippen LogP contribution in [0.5, 0.6) is 0 Å². The van der Waals surface area contributed by atoms with Gasteiger partial charge in [-0.05, 0) is 30.7 Å². The van der Waals surface area contributed by atoms with Crippen molar-refractivity contribution in [2.24, 2.45) is 0 Å². The van der Waals surface area contributed by atoms with Crippen molar-refractivity contribution < 1.29 is 14.4 Å². The molecule has 0 radical (unpaired) electrons. The number of amides is 3. The number of hydrogen-bond acceptors (Lipinski definition) is 4. The van der Waals surface area contributed by atoms with Crippen molar-refractivity contribution in [1.82, 2.24) is 14.7 Å². The predicted molar refractivity (Wildman–Crippen MR) is 110 cm³/mol. The Bertz CT molecular complexity index is 934. The van der Waals surface area contributed by atoms with Crippen LogP contribution in [-0.2, 0) is 11.3 Å². The standard InChI is InChI=1S/C22H22ClN3O3/c1-15(26-21(28)17-7-3-4-8-18(17)22(26)29)20(27)25-12-10-24(11-13-25)14-16-6-2-5-9-19(16)23/h2-9,15H,10-14H2,1H3. The number of nitrogens with zero attached hydrogens (tertiary/aromatic N) is 3. The third kappa shape index (κ3) is 3.66. The highest BCUT2D eigenvalue weighted by molar-refractivity contribution is 6.31. The van der Waals surface area contributed by atoms with Crippen LogP contribution in [-0.4, -0.2) is 64.6 Å². The molecule has 2 heterocycles. The summed E-state index contributed by atoms with van der Waals surface area (Å²) in [5, 5.41) is 0.741. The molecule has 7 heteroatoms. The highest BCUT2D eigenvalue weighted by Crippen LogP contribution is 2.25. The minimum Gasteiger partial charge on any atom is -0.338 e. The minimum absolute atomic E-state index is 0.197. The van der Waals surface area contributed by atoms with Gasteiger partial charge in [0.05, 0.1) is 11.1 Å². The number of imide groups is 1. The first-order valence-electron chi connectivity index (χ1n) is 9.69. The van der Waals surface area contributed by atoms with Crippen molar-refractivity contribution >= 4 is 29.3 Å². The maximum absolute atomic E-state index is 13.0. The number of piperazine rings is 1. The maximum Gasteiger partial charge on any atom is 0.262 e. The molecule has 0 aromatic heterocycles. The Hall–Kier alpha value is -2.70. The Morgan fingerprint density at radius 3 is 2.07 bits per heavy atom. The molecule has 0 bridgehead atoms. The number of rotatable bonds is 4. The van der Waals surface area contributed by atoms with E-state index in [1.165, 1.54) is 0 Å². The summed E-state index contributed by atoms with van der Waals surface area (Å²) in [6.45, 7) is 4.89. The zero-order valence-corrected chi connectivity index (χ0v) is 16.9. The van der Waals surface area contributed by atoms with E-state index in [-0.39, 0.29) is 5.91 Å². The summed E-state index contributed by atoms with van der Waals surface area (Å²) < 4.78 is 0. The van der Waals surface area contributed by atoms with Crippen LogP contribution in [0.2, 0.25) is 5.02 Å². The quantitative estimate of drug-likeness (QED) is 0.726. The van der Waals surface area contributed by atoms with Crippen molar-refractivity contribution in [3.8, 4) is 0 Å². The molecule has 0 spiro atoms. The molecule has 0 aliphatic carbocycles. The van der Waals surface area contributed by atoms with E-state index in [0.717, 1.165) is 22.0 Å². The molecule has 2 aliphatic rings. The number of halogens is 1. The molecule has 2 aromatic carbocycles. The summed E-state index contributed by atoms with van der Waals surface area (Å²) in [6.07, 6.45) is 0. The Morgan fingerprint density at radius 1 is 0.931 bits per heavy atom. The average molecular weight is 412 g/mol. The van der Waals surface area contributed by atoms with Gasteiger partial charge in [0, 0.05) is 37.7 Å². The maximum atomic E-state index is 13.0. The average Bonchev–Trinajstić information content (AvgIpc) is 3.00. The molecule has 1 saturated heterocycles. The van der Waals surface area contributed by atoms with Crippen LogP contribution >= 0.6 is 11.6 Å². The van der Waals surface area contributed by atoms with Gasteiger partial charge in [-0.1, -0.05) is 41.9 Å². The SMILES string of the molecule is CC(C(=O)N1CCN(Cc2ccccc2Cl)CC1)N1C(=O)c2ccccc2C1=O. The van der Waals surface area contributed by atoms with E-state index < -0.39 is 17.9 Å². The zero-order chi connectivity index (χ0) is 20.5. The zero-order valence-electron chi connectivity index (χ0n) is 16.2. The molecular formula is C22H22ClN3O3. The second kappa shape index (κ2) is 7.97. The molecule has 3 amide bonds. The fraction of sp³-hybridized carbons (Fsp3) is 0.318. The lowest BCUT2D eigenvalue weighted by Gasteiger charge is -2.37. The van der Waals surface area contributed by atoms with E-state index >= 15 is 0 Å². The van der Waals surface area contributed by atoms with Gasteiger partial charge in [-0.3, -0.25) is 24.2 Å². The Kier molecular flexibility index (Phi) is 5.39. The topological polar surface area (TPSA) is 60.9 Å². The predicted octanol–water partition coefficient (Wildman–Crippen LogP) is 2.67. The van der Waals surface area contributed by atoms with Gasteiger partial charge in [0.15, 0.2) is 0 Å². The van der Waals surface area contributed by atoms with Crippen LogP contribution in [0, 0.1) is 0 Å². The molecule has 0 N–H and O–H groups in total. The summed E-state index contributed by atoms with van der Waals surface area (Å²) >= 11 is 6.24. The van der Waals surface area contributed by atoms with Gasteiger partial charge in [0.25, 0.3) is 11.8 Å². The molecule has 0 saturated carbocycles. The van der Waals surface area contributed by atoms with Gasteiger partial charge in [-0.25, -0.2) is 0 Å². The fourth-order valence-electron chi connectivity index (χ4n) is 3.93. The molecule has 150 valence electrons. The lowest BCUT2D eigenvalue weighted by Crippen LogP contribution is -2.55. The van der Waals surface area contributed by atoms with Crippen molar-refractivity contribution in [3.05, 3.63) is 70.2 Å². The number of hydrogen-bond donors (Lipinski definition) is 0. The van der Waals surface area contributed by atoms with E-state index in [2.05, 4.69) is 4.90 Å². The van der Waals surface area contributed by atoms with E-state index in [1.54, 1.807) is 36.1 Å². The summed E-state index contributed by atoms with van der Waals surface area (Å²) in [5.74, 6) is -0.996. The minimum atomic E-state index is -0.822. The van der Waals surface area contributed by atoms with Gasteiger partial charge in [0.1, 0.15) is 6.04 Å². The summed E-state index contributed by atoms with van der Waals surface area (Å²) in [5.41, 5.74) is 1.79. The molecule has 1 fully saturated rings. The van der Waals surface area contributed by atoms with Gasteiger partial charge in [-0.2, -0.15) is 0 Å². The molecule has 6 nitrogen and oxygen atoms in total. The van der Waals surface area contributed by atoms with Gasteiger partial charge in [0.2, 0.25) is 5.91 Å². The van der Waals surface area contributed by atoms with E-state index in [9.17, 15) is 14.4 Å². The number of carbonyl (C=O) groups excluding carboxylic acids is 3. The van der Waals surface area contributed by atoms with Gasteiger partial charge < -0.3 is 4.90 Å².